The number of carbonyl (C=O) groups excluding carboxylic acids is 1. The van der Waals surface area contributed by atoms with E-state index >= 15 is 0 Å². The molecule has 0 aromatic carbocycles. The molecule has 2 unspecified atom stereocenters. The van der Waals surface area contributed by atoms with E-state index in [9.17, 15) is 9.59 Å². The van der Waals surface area contributed by atoms with Crippen molar-refractivity contribution in [3.8, 4) is 0 Å². The van der Waals surface area contributed by atoms with Gasteiger partial charge in [-0.05, 0) is 26.1 Å². The zero-order valence-corrected chi connectivity index (χ0v) is 10.8. The molecule has 0 bridgehead atoms. The van der Waals surface area contributed by atoms with Gasteiger partial charge in [-0.25, -0.2) is 9.79 Å². The Hall–Kier alpha value is -1.70. The Morgan fingerprint density at radius 1 is 1.50 bits per heavy atom. The quantitative estimate of drug-likeness (QED) is 0.571. The van der Waals surface area contributed by atoms with Gasteiger partial charge in [-0.3, -0.25) is 4.79 Å². The van der Waals surface area contributed by atoms with E-state index in [1.54, 1.807) is 13.8 Å². The maximum absolute atomic E-state index is 11.1. The lowest BCUT2D eigenvalue weighted by Gasteiger charge is -2.28. The number of nitrogens with zero attached hydrogens (tertiary/aromatic N) is 1. The van der Waals surface area contributed by atoms with Crippen molar-refractivity contribution in [2.24, 2.45) is 10.9 Å². The van der Waals surface area contributed by atoms with Crippen LogP contribution in [0.3, 0.4) is 0 Å². The Kier molecular flexibility index (Phi) is 5.02. The fraction of sp³-hybridized carbons (Fsp3) is 0.600. The van der Waals surface area contributed by atoms with Crippen LogP contribution in [0.25, 0.3) is 0 Å². The summed E-state index contributed by atoms with van der Waals surface area (Å²) in [5.41, 5.74) is 0.378. The number of carboxylic acids is 1. The molecule has 0 fully saturated rings. The Labute approximate surface area is 109 Å². The van der Waals surface area contributed by atoms with Gasteiger partial charge in [0.2, 0.25) is 0 Å². The molecule has 2 N–H and O–H groups in total. The number of thiocarbonyl (C=S) groups is 1. The van der Waals surface area contributed by atoms with Crippen LogP contribution in [0.1, 0.15) is 13.8 Å². The third-order valence-corrected chi connectivity index (χ3v) is 2.56. The molecule has 0 spiro atoms. The topological polar surface area (TPSA) is 97.2 Å². The van der Waals surface area contributed by atoms with Crippen molar-refractivity contribution in [3.63, 3.8) is 0 Å². The number of aliphatic carboxylic acids is 1. The van der Waals surface area contributed by atoms with E-state index in [4.69, 9.17) is 22.1 Å². The smallest absolute Gasteiger partial charge is 0.481 e. The molecule has 8 heteroatoms. The predicted molar refractivity (Wildman–Crippen MR) is 66.7 cm³/mol. The molecule has 0 aromatic heterocycles. The fourth-order valence-corrected chi connectivity index (χ4v) is 1.90. The lowest BCUT2D eigenvalue weighted by atomic mass is 9.94. The summed E-state index contributed by atoms with van der Waals surface area (Å²) in [6, 6.07) is -0.642. The van der Waals surface area contributed by atoms with Crippen LogP contribution in [0.15, 0.2) is 4.99 Å². The van der Waals surface area contributed by atoms with Crippen molar-refractivity contribution in [1.29, 1.82) is 0 Å². The molecule has 2 atom stereocenters. The van der Waals surface area contributed by atoms with Gasteiger partial charge in [-0.1, -0.05) is 0 Å². The van der Waals surface area contributed by atoms with Crippen LogP contribution in [0, 0.1) is 5.92 Å². The molecule has 18 heavy (non-hydrogen) atoms. The molecule has 1 heterocycles. The molecule has 0 saturated carbocycles. The molecule has 1 aliphatic rings. The van der Waals surface area contributed by atoms with E-state index in [0.717, 1.165) is 0 Å². The van der Waals surface area contributed by atoms with Crippen molar-refractivity contribution >= 4 is 35.2 Å². The molecular formula is C10H14N2O5S. The van der Waals surface area contributed by atoms with Gasteiger partial charge >= 0.3 is 12.1 Å². The number of carboxylic acid groups (broad SMARTS) is 1. The highest BCUT2D eigenvalue weighted by Gasteiger charge is 2.35. The fourth-order valence-electron chi connectivity index (χ4n) is 1.60. The minimum Gasteiger partial charge on any atom is -0.481 e. The second-order valence-corrected chi connectivity index (χ2v) is 4.01. The van der Waals surface area contributed by atoms with Gasteiger partial charge in [0.1, 0.15) is 12.5 Å². The summed E-state index contributed by atoms with van der Waals surface area (Å²) < 4.78 is 9.38. The minimum absolute atomic E-state index is 0.150. The lowest BCUT2D eigenvalue weighted by molar-refractivity contribution is -0.140. The second-order valence-electron chi connectivity index (χ2n) is 3.62. The Morgan fingerprint density at radius 2 is 2.17 bits per heavy atom. The van der Waals surface area contributed by atoms with Gasteiger partial charge < -0.3 is 19.9 Å². The van der Waals surface area contributed by atoms with Crippen molar-refractivity contribution < 1.29 is 24.2 Å². The summed E-state index contributed by atoms with van der Waals surface area (Å²) in [6.45, 7) is 3.26. The summed E-state index contributed by atoms with van der Waals surface area (Å²) in [4.78, 5) is 26.0. The molecule has 100 valence electrons. The van der Waals surface area contributed by atoms with E-state index in [-0.39, 0.29) is 18.3 Å². The van der Waals surface area contributed by atoms with Crippen LogP contribution in [0.2, 0.25) is 0 Å². The number of hydrogen-bond acceptors (Lipinski definition) is 5. The normalized spacial score (nSPS) is 22.8. The highest BCUT2D eigenvalue weighted by Crippen LogP contribution is 2.13. The summed E-state index contributed by atoms with van der Waals surface area (Å²) in [5.74, 6) is -1.94. The third-order valence-electron chi connectivity index (χ3n) is 2.35. The Bertz CT molecular complexity index is 396. The Morgan fingerprint density at radius 3 is 2.72 bits per heavy atom. The molecule has 0 saturated heterocycles. The van der Waals surface area contributed by atoms with Gasteiger partial charge in [0.15, 0.2) is 5.11 Å². The average Bonchev–Trinajstić information content (AvgIpc) is 2.25. The standard InChI is InChI=1S/C10H14N2O5S/c1-3-16-10(15)17-4-6-7(8(13)14)5(2)11-9(18)12-6/h6-7H,3-4H2,1-2H3,(H,12,18)(H,13,14). The van der Waals surface area contributed by atoms with Crippen LogP contribution >= 0.6 is 12.2 Å². The maximum Gasteiger partial charge on any atom is 0.508 e. The zero-order chi connectivity index (χ0) is 13.7. The number of ether oxygens (including phenoxy) is 2. The summed E-state index contributed by atoms with van der Waals surface area (Å²) in [5, 5.41) is 12.0. The van der Waals surface area contributed by atoms with Crippen molar-refractivity contribution in [2.45, 2.75) is 19.9 Å². The maximum atomic E-state index is 11.1. The molecule has 0 aliphatic carbocycles. The van der Waals surface area contributed by atoms with Crippen molar-refractivity contribution in [1.82, 2.24) is 5.32 Å². The summed E-state index contributed by atoms with van der Waals surface area (Å²) in [6.07, 6.45) is -0.838. The van der Waals surface area contributed by atoms with Crippen molar-refractivity contribution in [3.05, 3.63) is 0 Å². The molecule has 1 aliphatic heterocycles. The largest absolute Gasteiger partial charge is 0.508 e. The van der Waals surface area contributed by atoms with E-state index in [0.29, 0.717) is 5.71 Å². The Balaban J connectivity index is 2.68. The van der Waals surface area contributed by atoms with Gasteiger partial charge in [0.05, 0.1) is 12.6 Å². The second kappa shape index (κ2) is 6.29. The van der Waals surface area contributed by atoms with Crippen LogP contribution in [-0.4, -0.2) is 47.3 Å². The van der Waals surface area contributed by atoms with Gasteiger partial charge in [-0.2, -0.15) is 0 Å². The van der Waals surface area contributed by atoms with E-state index in [1.165, 1.54) is 0 Å². The number of nitrogens with one attached hydrogen (secondary N) is 1. The first-order valence-electron chi connectivity index (χ1n) is 5.33. The van der Waals surface area contributed by atoms with Crippen LogP contribution < -0.4 is 5.32 Å². The van der Waals surface area contributed by atoms with Gasteiger partial charge in [-0.15, -0.1) is 0 Å². The summed E-state index contributed by atoms with van der Waals surface area (Å²) in [7, 11) is 0. The lowest BCUT2D eigenvalue weighted by Crippen LogP contribution is -2.52. The van der Waals surface area contributed by atoms with Gasteiger partial charge in [0, 0.05) is 5.71 Å². The first kappa shape index (κ1) is 14.4. The minimum atomic E-state index is -1.05. The highest BCUT2D eigenvalue weighted by molar-refractivity contribution is 7.80. The summed E-state index contributed by atoms with van der Waals surface area (Å²) >= 11 is 4.87. The highest BCUT2D eigenvalue weighted by atomic mass is 32.1. The number of hydrogen-bond donors (Lipinski definition) is 2. The molecule has 1 rings (SSSR count). The first-order chi connectivity index (χ1) is 8.45. The van der Waals surface area contributed by atoms with Crippen molar-refractivity contribution in [2.75, 3.05) is 13.2 Å². The number of rotatable bonds is 4. The first-order valence-corrected chi connectivity index (χ1v) is 5.74. The molecule has 0 aromatic rings. The van der Waals surface area contributed by atoms with Crippen LogP contribution in [0.4, 0.5) is 4.79 Å². The average molecular weight is 274 g/mol. The predicted octanol–water partition coefficient (Wildman–Crippen LogP) is 0.578. The molecular weight excluding hydrogens is 260 g/mol. The molecule has 7 nitrogen and oxygen atoms in total. The van der Waals surface area contributed by atoms with E-state index in [1.807, 2.05) is 0 Å². The van der Waals surface area contributed by atoms with E-state index in [2.05, 4.69) is 15.0 Å². The monoisotopic (exact) mass is 274 g/mol. The third kappa shape index (κ3) is 3.66. The number of aliphatic imine (C=N–C) groups is 1. The zero-order valence-electron chi connectivity index (χ0n) is 10.0. The van der Waals surface area contributed by atoms with Crippen LogP contribution in [0.5, 0.6) is 0 Å². The molecule has 0 amide bonds. The molecule has 0 radical (unpaired) electrons. The van der Waals surface area contributed by atoms with Gasteiger partial charge in [0.25, 0.3) is 0 Å². The van der Waals surface area contributed by atoms with E-state index < -0.39 is 24.1 Å². The number of carbonyl (C=O) groups is 2. The SMILES string of the molecule is CCOC(=O)OCC1NC(=S)N=C(C)C1C(=O)O. The van der Waals surface area contributed by atoms with Crippen LogP contribution in [-0.2, 0) is 14.3 Å².